The van der Waals surface area contributed by atoms with Crippen LogP contribution < -0.4 is 5.32 Å². The van der Waals surface area contributed by atoms with Crippen LogP contribution in [0.2, 0.25) is 0 Å². The second-order valence-electron chi connectivity index (χ2n) is 4.61. The van der Waals surface area contributed by atoms with Gasteiger partial charge in [-0.2, -0.15) is 0 Å². The van der Waals surface area contributed by atoms with Gasteiger partial charge in [-0.3, -0.25) is 0 Å². The third-order valence-electron chi connectivity index (χ3n) is 2.94. The Morgan fingerprint density at radius 1 is 1.37 bits per heavy atom. The van der Waals surface area contributed by atoms with Crippen molar-refractivity contribution >= 4 is 0 Å². The maximum absolute atomic E-state index is 5.82. The van der Waals surface area contributed by atoms with Gasteiger partial charge < -0.3 is 18.9 Å². The van der Waals surface area contributed by atoms with E-state index in [-0.39, 0.29) is 6.04 Å². The summed E-state index contributed by atoms with van der Waals surface area (Å²) in [7, 11) is 1.66. The molecule has 2 heterocycles. The van der Waals surface area contributed by atoms with Gasteiger partial charge in [-0.1, -0.05) is 6.92 Å². The number of nitrogens with one attached hydrogen (secondary N) is 1. The maximum Gasteiger partial charge on any atom is 0.129 e. The number of aryl methyl sites for hydroxylation is 1. The summed E-state index contributed by atoms with van der Waals surface area (Å²) in [5, 5.41) is 3.48. The molecule has 0 spiro atoms. The van der Waals surface area contributed by atoms with Crippen LogP contribution in [0.4, 0.5) is 0 Å². The van der Waals surface area contributed by atoms with Gasteiger partial charge in [0, 0.05) is 12.7 Å². The van der Waals surface area contributed by atoms with Crippen molar-refractivity contribution in [2.24, 2.45) is 0 Å². The van der Waals surface area contributed by atoms with Crippen LogP contribution in [0.5, 0.6) is 0 Å². The molecule has 104 valence electrons. The summed E-state index contributed by atoms with van der Waals surface area (Å²) in [6.07, 6.45) is 2.85. The highest BCUT2D eigenvalue weighted by atomic mass is 16.5. The van der Waals surface area contributed by atoms with E-state index in [4.69, 9.17) is 13.6 Å². The molecule has 4 nitrogen and oxygen atoms in total. The fourth-order valence-electron chi connectivity index (χ4n) is 2.06. The smallest absolute Gasteiger partial charge is 0.129 e. The van der Waals surface area contributed by atoms with Crippen LogP contribution in [0.25, 0.3) is 0 Å². The molecule has 0 saturated carbocycles. The molecule has 2 aromatic heterocycles. The summed E-state index contributed by atoms with van der Waals surface area (Å²) in [5.74, 6) is 2.63. The quantitative estimate of drug-likeness (QED) is 0.831. The molecule has 0 aliphatic rings. The summed E-state index contributed by atoms with van der Waals surface area (Å²) < 4.78 is 16.3. The minimum Gasteiger partial charge on any atom is -0.469 e. The van der Waals surface area contributed by atoms with E-state index in [1.165, 1.54) is 0 Å². The monoisotopic (exact) mass is 263 g/mol. The molecule has 1 unspecified atom stereocenters. The van der Waals surface area contributed by atoms with Crippen molar-refractivity contribution < 1.29 is 13.6 Å². The van der Waals surface area contributed by atoms with Crippen molar-refractivity contribution in [3.05, 3.63) is 47.3 Å². The zero-order chi connectivity index (χ0) is 13.7. The predicted molar refractivity (Wildman–Crippen MR) is 73.0 cm³/mol. The molecule has 2 aromatic rings. The normalized spacial score (nSPS) is 12.8. The van der Waals surface area contributed by atoms with Crippen molar-refractivity contribution in [1.29, 1.82) is 0 Å². The molecule has 1 N–H and O–H groups in total. The molecule has 19 heavy (non-hydrogen) atoms. The van der Waals surface area contributed by atoms with E-state index < -0.39 is 0 Å². The topological polar surface area (TPSA) is 47.5 Å². The van der Waals surface area contributed by atoms with Crippen LogP contribution in [0, 0.1) is 6.92 Å². The first-order chi connectivity index (χ1) is 9.24. The molecule has 0 amide bonds. The molecule has 0 aliphatic heterocycles. The van der Waals surface area contributed by atoms with Crippen LogP contribution in [0.3, 0.4) is 0 Å². The summed E-state index contributed by atoms with van der Waals surface area (Å²) >= 11 is 0. The SMILES string of the molecule is CCCNC(c1coc(C)c1)c1ccc(COC)o1. The molecule has 2 rings (SSSR count). The van der Waals surface area contributed by atoms with E-state index in [1.807, 2.05) is 25.1 Å². The molecule has 4 heteroatoms. The van der Waals surface area contributed by atoms with Gasteiger partial charge in [-0.15, -0.1) is 0 Å². The Kier molecular flexibility index (Phi) is 4.82. The highest BCUT2D eigenvalue weighted by molar-refractivity contribution is 5.26. The first kappa shape index (κ1) is 13.9. The summed E-state index contributed by atoms with van der Waals surface area (Å²) in [5.41, 5.74) is 1.09. The lowest BCUT2D eigenvalue weighted by atomic mass is 10.1. The van der Waals surface area contributed by atoms with Crippen LogP contribution in [-0.2, 0) is 11.3 Å². The lowest BCUT2D eigenvalue weighted by Gasteiger charge is -2.14. The van der Waals surface area contributed by atoms with Crippen LogP contribution in [-0.4, -0.2) is 13.7 Å². The zero-order valence-corrected chi connectivity index (χ0v) is 11.7. The maximum atomic E-state index is 5.82. The third kappa shape index (κ3) is 3.49. The zero-order valence-electron chi connectivity index (χ0n) is 11.7. The van der Waals surface area contributed by atoms with Crippen molar-refractivity contribution in [3.8, 4) is 0 Å². The van der Waals surface area contributed by atoms with E-state index in [9.17, 15) is 0 Å². The fourth-order valence-corrected chi connectivity index (χ4v) is 2.06. The number of furan rings is 2. The highest BCUT2D eigenvalue weighted by Gasteiger charge is 2.19. The highest BCUT2D eigenvalue weighted by Crippen LogP contribution is 2.26. The second-order valence-corrected chi connectivity index (χ2v) is 4.61. The van der Waals surface area contributed by atoms with Crippen LogP contribution in [0.15, 0.2) is 33.3 Å². The molecule has 0 aliphatic carbocycles. The Bertz CT molecular complexity index is 501. The Morgan fingerprint density at radius 2 is 2.21 bits per heavy atom. The predicted octanol–water partition coefficient (Wildman–Crippen LogP) is 3.42. The number of ether oxygens (including phenoxy) is 1. The average Bonchev–Trinajstić information content (AvgIpc) is 3.01. The molecular formula is C15H21NO3. The van der Waals surface area contributed by atoms with Gasteiger partial charge in [-0.05, 0) is 38.1 Å². The third-order valence-corrected chi connectivity index (χ3v) is 2.94. The molecular weight excluding hydrogens is 242 g/mol. The van der Waals surface area contributed by atoms with Gasteiger partial charge in [0.1, 0.15) is 23.9 Å². The van der Waals surface area contributed by atoms with Gasteiger partial charge in [0.2, 0.25) is 0 Å². The molecule has 1 atom stereocenters. The summed E-state index contributed by atoms with van der Waals surface area (Å²) in [6, 6.07) is 6.01. The van der Waals surface area contributed by atoms with Crippen LogP contribution in [0.1, 0.15) is 42.2 Å². The first-order valence-electron chi connectivity index (χ1n) is 6.60. The van der Waals surface area contributed by atoms with Crippen molar-refractivity contribution in [1.82, 2.24) is 5.32 Å². The van der Waals surface area contributed by atoms with Gasteiger partial charge in [0.25, 0.3) is 0 Å². The van der Waals surface area contributed by atoms with Gasteiger partial charge >= 0.3 is 0 Å². The van der Waals surface area contributed by atoms with Crippen molar-refractivity contribution in [2.45, 2.75) is 32.9 Å². The van der Waals surface area contributed by atoms with E-state index >= 15 is 0 Å². The number of methoxy groups -OCH3 is 1. The Hall–Kier alpha value is -1.52. The number of rotatable bonds is 7. The summed E-state index contributed by atoms with van der Waals surface area (Å²) in [6.45, 7) is 5.50. The molecule has 0 saturated heterocycles. The van der Waals surface area contributed by atoms with Crippen molar-refractivity contribution in [3.63, 3.8) is 0 Å². The minimum absolute atomic E-state index is 0.0306. The van der Waals surface area contributed by atoms with E-state index in [0.717, 1.165) is 35.8 Å². The molecule has 0 bridgehead atoms. The Labute approximate surface area is 113 Å². The molecule has 0 aromatic carbocycles. The average molecular weight is 263 g/mol. The van der Waals surface area contributed by atoms with E-state index in [1.54, 1.807) is 13.4 Å². The fraction of sp³-hybridized carbons (Fsp3) is 0.467. The van der Waals surface area contributed by atoms with Crippen molar-refractivity contribution in [2.75, 3.05) is 13.7 Å². The second kappa shape index (κ2) is 6.59. The lowest BCUT2D eigenvalue weighted by molar-refractivity contribution is 0.162. The number of hydrogen-bond acceptors (Lipinski definition) is 4. The largest absolute Gasteiger partial charge is 0.469 e. The van der Waals surface area contributed by atoms with Crippen LogP contribution >= 0.6 is 0 Å². The summed E-state index contributed by atoms with van der Waals surface area (Å²) in [4.78, 5) is 0. The van der Waals surface area contributed by atoms with Gasteiger partial charge in [0.05, 0.1) is 12.3 Å². The van der Waals surface area contributed by atoms with E-state index in [0.29, 0.717) is 6.61 Å². The number of hydrogen-bond donors (Lipinski definition) is 1. The Balaban J connectivity index is 2.20. The minimum atomic E-state index is 0.0306. The molecule has 0 radical (unpaired) electrons. The lowest BCUT2D eigenvalue weighted by Crippen LogP contribution is -2.22. The van der Waals surface area contributed by atoms with Gasteiger partial charge in [0.15, 0.2) is 0 Å². The molecule has 0 fully saturated rings. The van der Waals surface area contributed by atoms with Gasteiger partial charge in [-0.25, -0.2) is 0 Å². The van der Waals surface area contributed by atoms with E-state index in [2.05, 4.69) is 12.2 Å². The Morgan fingerprint density at radius 3 is 2.84 bits per heavy atom. The standard InChI is InChI=1S/C15H21NO3/c1-4-7-16-15(12-8-11(2)18-9-12)14-6-5-13(19-14)10-17-3/h5-6,8-9,15-16H,4,7,10H2,1-3H3. The first-order valence-corrected chi connectivity index (χ1v) is 6.60.